The number of nitrogens with two attached hydrogens (primary N) is 1. The van der Waals surface area contributed by atoms with Gasteiger partial charge in [-0.15, -0.1) is 0 Å². The molecule has 0 aromatic heterocycles. The van der Waals surface area contributed by atoms with E-state index in [0.29, 0.717) is 10.8 Å². The Morgan fingerprint density at radius 2 is 2.06 bits per heavy atom. The van der Waals surface area contributed by atoms with Gasteiger partial charge in [-0.05, 0) is 18.2 Å². The van der Waals surface area contributed by atoms with E-state index in [2.05, 4.69) is 0 Å². The largest absolute Gasteiger partial charge is 0.465 e. The van der Waals surface area contributed by atoms with Crippen molar-refractivity contribution in [3.63, 3.8) is 0 Å². The van der Waals surface area contributed by atoms with Crippen LogP contribution in [0.2, 0.25) is 24.7 Å². The molecule has 3 nitrogen and oxygen atoms in total. The van der Waals surface area contributed by atoms with E-state index in [9.17, 15) is 5.11 Å². The zero-order valence-electron chi connectivity index (χ0n) is 9.83. The Balaban J connectivity index is 2.94. The molecule has 16 heavy (non-hydrogen) atoms. The van der Waals surface area contributed by atoms with Gasteiger partial charge in [0.2, 0.25) is 0 Å². The lowest BCUT2D eigenvalue weighted by Gasteiger charge is -2.37. The number of hydrogen-bond donors (Lipinski definition) is 2. The van der Waals surface area contributed by atoms with Crippen molar-refractivity contribution in [3.8, 4) is 5.75 Å². The fraction of sp³-hybridized carbons (Fsp3) is 0.455. The highest BCUT2D eigenvalue weighted by Crippen LogP contribution is 2.26. The molecule has 0 saturated heterocycles. The first-order chi connectivity index (χ1) is 7.28. The molecule has 0 bridgehead atoms. The first-order valence-electron chi connectivity index (χ1n) is 5.15. The molecule has 0 aliphatic rings. The van der Waals surface area contributed by atoms with Gasteiger partial charge in [-0.1, -0.05) is 37.3 Å². The first-order valence-corrected chi connectivity index (χ1v) is 9.03. The van der Waals surface area contributed by atoms with E-state index in [1.54, 1.807) is 24.3 Å². The first kappa shape index (κ1) is 13.5. The minimum absolute atomic E-state index is 0.0786. The van der Waals surface area contributed by atoms with Crippen LogP contribution in [0.25, 0.3) is 0 Å². The molecule has 0 aliphatic heterocycles. The second-order valence-corrected chi connectivity index (χ2v) is 10.5. The quantitative estimate of drug-likeness (QED) is 0.644. The summed E-state index contributed by atoms with van der Waals surface area (Å²) in [6.45, 7) is 6.09. The molecule has 0 heterocycles. The van der Waals surface area contributed by atoms with E-state index in [-0.39, 0.29) is 6.54 Å². The van der Waals surface area contributed by atoms with Crippen LogP contribution in [0.1, 0.15) is 0 Å². The third-order valence-corrected chi connectivity index (χ3v) is 5.42. The molecule has 1 aromatic rings. The van der Waals surface area contributed by atoms with Gasteiger partial charge in [0.25, 0.3) is 0 Å². The van der Waals surface area contributed by atoms with Crippen LogP contribution in [0.4, 0.5) is 0 Å². The van der Waals surface area contributed by atoms with E-state index in [1.807, 2.05) is 19.6 Å². The Bertz CT molecular complexity index is 367. The van der Waals surface area contributed by atoms with E-state index in [1.165, 1.54) is 0 Å². The highest BCUT2D eigenvalue weighted by atomic mass is 35.5. The second kappa shape index (κ2) is 4.75. The third kappa shape index (κ3) is 2.98. The molecular weight excluding hydrogens is 242 g/mol. The Labute approximate surface area is 102 Å². The summed E-state index contributed by atoms with van der Waals surface area (Å²) in [7, 11) is -1.95. The van der Waals surface area contributed by atoms with Gasteiger partial charge in [0.05, 0.1) is 6.54 Å². The number of halogens is 1. The third-order valence-electron chi connectivity index (χ3n) is 2.53. The van der Waals surface area contributed by atoms with Gasteiger partial charge >= 0.3 is 0 Å². The Kier molecular flexibility index (Phi) is 4.01. The van der Waals surface area contributed by atoms with Crippen molar-refractivity contribution in [2.45, 2.75) is 25.1 Å². The molecule has 90 valence electrons. The molecule has 0 fully saturated rings. The summed E-state index contributed by atoms with van der Waals surface area (Å²) >= 11 is 5.85. The van der Waals surface area contributed by atoms with Crippen LogP contribution in [-0.2, 0) is 0 Å². The van der Waals surface area contributed by atoms with Gasteiger partial charge in [0.15, 0.2) is 5.41 Å². The van der Waals surface area contributed by atoms with Crippen LogP contribution in [0.15, 0.2) is 24.3 Å². The van der Waals surface area contributed by atoms with Crippen molar-refractivity contribution in [1.82, 2.24) is 0 Å². The molecule has 0 aliphatic carbocycles. The van der Waals surface area contributed by atoms with Crippen molar-refractivity contribution in [2.75, 3.05) is 6.54 Å². The predicted octanol–water partition coefficient (Wildman–Crippen LogP) is 2.24. The minimum Gasteiger partial charge on any atom is -0.465 e. The number of hydrogen-bond acceptors (Lipinski definition) is 3. The second-order valence-electron chi connectivity index (χ2n) is 4.80. The molecule has 0 amide bonds. The monoisotopic (exact) mass is 259 g/mol. The van der Waals surface area contributed by atoms with Crippen LogP contribution in [0.5, 0.6) is 5.75 Å². The summed E-state index contributed by atoms with van der Waals surface area (Å²) in [4.78, 5) is 0. The summed E-state index contributed by atoms with van der Waals surface area (Å²) in [6.07, 6.45) is 0. The lowest BCUT2D eigenvalue weighted by Crippen LogP contribution is -2.61. The molecule has 0 spiro atoms. The molecule has 1 aromatic carbocycles. The van der Waals surface area contributed by atoms with Gasteiger partial charge in [-0.25, -0.2) is 0 Å². The predicted molar refractivity (Wildman–Crippen MR) is 69.4 cm³/mol. The number of aliphatic hydroxyl groups is 1. The van der Waals surface area contributed by atoms with E-state index >= 15 is 0 Å². The SMILES string of the molecule is C[Si](C)(C)[C@@](O)(CN)Oc1cccc(Cl)c1. The lowest BCUT2D eigenvalue weighted by molar-refractivity contribution is -0.0637. The Morgan fingerprint density at radius 1 is 1.44 bits per heavy atom. The highest BCUT2D eigenvalue weighted by molar-refractivity contribution is 6.78. The van der Waals surface area contributed by atoms with Crippen LogP contribution in [0.3, 0.4) is 0 Å². The molecule has 5 heteroatoms. The molecular formula is C11H18ClNO2Si. The zero-order valence-corrected chi connectivity index (χ0v) is 11.6. The van der Waals surface area contributed by atoms with Crippen molar-refractivity contribution < 1.29 is 9.84 Å². The van der Waals surface area contributed by atoms with Crippen LogP contribution in [0, 0.1) is 0 Å². The minimum atomic E-state index is -1.95. The van der Waals surface area contributed by atoms with Gasteiger partial charge < -0.3 is 15.6 Å². The topological polar surface area (TPSA) is 55.5 Å². The standard InChI is InChI=1S/C11H18ClNO2Si/c1-16(2,3)11(14,8-13)15-10-6-4-5-9(12)7-10/h4-7,14H,8,13H2,1-3H3/t11-/m1/s1. The average Bonchev–Trinajstić information content (AvgIpc) is 2.15. The van der Waals surface area contributed by atoms with Crippen LogP contribution in [-0.4, -0.2) is 25.1 Å². The Morgan fingerprint density at radius 3 is 2.50 bits per heavy atom. The van der Waals surface area contributed by atoms with Gasteiger partial charge in [0.1, 0.15) is 13.8 Å². The number of rotatable bonds is 4. The fourth-order valence-corrected chi connectivity index (χ4v) is 2.44. The van der Waals surface area contributed by atoms with Gasteiger partial charge in [0, 0.05) is 5.02 Å². The normalized spacial score (nSPS) is 15.6. The molecule has 0 radical (unpaired) electrons. The fourth-order valence-electron chi connectivity index (χ4n) is 1.23. The van der Waals surface area contributed by atoms with Crippen molar-refractivity contribution in [2.24, 2.45) is 5.73 Å². The van der Waals surface area contributed by atoms with Crippen molar-refractivity contribution >= 4 is 19.7 Å². The van der Waals surface area contributed by atoms with Gasteiger partial charge in [-0.2, -0.15) is 0 Å². The zero-order chi connectivity index (χ0) is 12.4. The highest BCUT2D eigenvalue weighted by Gasteiger charge is 2.43. The lowest BCUT2D eigenvalue weighted by atomic mass is 10.3. The molecule has 1 rings (SSSR count). The maximum absolute atomic E-state index is 10.4. The van der Waals surface area contributed by atoms with Gasteiger partial charge in [-0.3, -0.25) is 0 Å². The number of ether oxygens (including phenoxy) is 1. The average molecular weight is 260 g/mol. The smallest absolute Gasteiger partial charge is 0.199 e. The maximum Gasteiger partial charge on any atom is 0.199 e. The van der Waals surface area contributed by atoms with Crippen molar-refractivity contribution in [1.29, 1.82) is 0 Å². The Hall–Kier alpha value is -0.553. The molecule has 0 unspecified atom stereocenters. The van der Waals surface area contributed by atoms with Crippen LogP contribution < -0.4 is 10.5 Å². The summed E-state index contributed by atoms with van der Waals surface area (Å²) in [5.41, 5.74) is 4.34. The van der Waals surface area contributed by atoms with E-state index in [0.717, 1.165) is 0 Å². The van der Waals surface area contributed by atoms with E-state index < -0.39 is 13.5 Å². The van der Waals surface area contributed by atoms with E-state index in [4.69, 9.17) is 22.1 Å². The summed E-state index contributed by atoms with van der Waals surface area (Å²) in [6, 6.07) is 6.96. The number of benzene rings is 1. The molecule has 3 N–H and O–H groups in total. The maximum atomic E-state index is 10.4. The summed E-state index contributed by atoms with van der Waals surface area (Å²) < 4.78 is 5.60. The van der Waals surface area contributed by atoms with Crippen LogP contribution >= 0.6 is 11.6 Å². The molecule has 0 saturated carbocycles. The van der Waals surface area contributed by atoms with Crippen molar-refractivity contribution in [3.05, 3.63) is 29.3 Å². The summed E-state index contributed by atoms with van der Waals surface area (Å²) in [5.74, 6) is 0.544. The molecule has 1 atom stereocenters. The summed E-state index contributed by atoms with van der Waals surface area (Å²) in [5, 5.41) is 10.9.